The molecule has 7 nitrogen and oxygen atoms in total. The Morgan fingerprint density at radius 3 is 2.34 bits per heavy atom. The standard InChI is InChI=1S/C21H25ClN4O3/c1-12-16(13(2)25(5)23-12)19(27)17-18(14-6-8-15(22)9-7-14)26(11-10-24(3)4)21(29)20(17)28/h6-9,18,27H,10-11H2,1-5H3. The molecule has 1 N–H and O–H groups in total. The van der Waals surface area contributed by atoms with Gasteiger partial charge in [0, 0.05) is 30.9 Å². The van der Waals surface area contributed by atoms with Gasteiger partial charge in [0.05, 0.1) is 22.9 Å². The van der Waals surface area contributed by atoms with Gasteiger partial charge in [0.2, 0.25) is 0 Å². The topological polar surface area (TPSA) is 78.7 Å². The molecule has 0 saturated carbocycles. The highest BCUT2D eigenvalue weighted by Crippen LogP contribution is 2.40. The molecule has 1 aliphatic rings. The van der Waals surface area contributed by atoms with Gasteiger partial charge in [0.25, 0.3) is 11.7 Å². The van der Waals surface area contributed by atoms with Crippen molar-refractivity contribution in [3.63, 3.8) is 0 Å². The highest BCUT2D eigenvalue weighted by Gasteiger charge is 2.46. The fourth-order valence-corrected chi connectivity index (χ4v) is 3.79. The van der Waals surface area contributed by atoms with Crippen molar-refractivity contribution in [2.75, 3.05) is 27.2 Å². The highest BCUT2D eigenvalue weighted by molar-refractivity contribution is 6.46. The maximum Gasteiger partial charge on any atom is 0.295 e. The molecule has 3 rings (SSSR count). The van der Waals surface area contributed by atoms with Crippen LogP contribution in [0, 0.1) is 13.8 Å². The summed E-state index contributed by atoms with van der Waals surface area (Å²) in [5, 5.41) is 16.0. The largest absolute Gasteiger partial charge is 0.507 e. The van der Waals surface area contributed by atoms with Gasteiger partial charge in [0.1, 0.15) is 5.76 Å². The Bertz CT molecular complexity index is 992. The number of halogens is 1. The molecule has 0 bridgehead atoms. The lowest BCUT2D eigenvalue weighted by atomic mass is 9.94. The molecule has 154 valence electrons. The van der Waals surface area contributed by atoms with Crippen molar-refractivity contribution < 1.29 is 14.7 Å². The number of carbonyl (C=O) groups is 2. The molecule has 1 amide bonds. The maximum absolute atomic E-state index is 13.0. The zero-order valence-electron chi connectivity index (χ0n) is 17.2. The second-order valence-corrected chi connectivity index (χ2v) is 7.95. The zero-order chi connectivity index (χ0) is 21.5. The number of nitrogens with zero attached hydrogens (tertiary/aromatic N) is 4. The molecule has 1 unspecified atom stereocenters. The van der Waals surface area contributed by atoms with Crippen molar-refractivity contribution in [3.05, 3.63) is 57.4 Å². The first-order valence-corrected chi connectivity index (χ1v) is 9.70. The lowest BCUT2D eigenvalue weighted by Gasteiger charge is -2.26. The van der Waals surface area contributed by atoms with Crippen LogP contribution >= 0.6 is 11.6 Å². The van der Waals surface area contributed by atoms with Crippen molar-refractivity contribution in [2.45, 2.75) is 19.9 Å². The van der Waals surface area contributed by atoms with Gasteiger partial charge in [-0.15, -0.1) is 0 Å². The van der Waals surface area contributed by atoms with Crippen LogP contribution in [0.2, 0.25) is 5.02 Å². The van der Waals surface area contributed by atoms with Gasteiger partial charge in [-0.1, -0.05) is 23.7 Å². The van der Waals surface area contributed by atoms with Crippen LogP contribution in [0.15, 0.2) is 29.8 Å². The molecule has 1 fully saturated rings. The lowest BCUT2D eigenvalue weighted by Crippen LogP contribution is -2.35. The van der Waals surface area contributed by atoms with Crippen LogP contribution in [0.1, 0.15) is 28.6 Å². The van der Waals surface area contributed by atoms with E-state index in [0.717, 1.165) is 0 Å². The van der Waals surface area contributed by atoms with Crippen LogP contribution in [-0.4, -0.2) is 63.6 Å². The fraction of sp³-hybridized carbons (Fsp3) is 0.381. The molecule has 0 aliphatic carbocycles. The molecular formula is C21H25ClN4O3. The minimum absolute atomic E-state index is 0.0790. The second-order valence-electron chi connectivity index (χ2n) is 7.52. The molecule has 1 saturated heterocycles. The van der Waals surface area contributed by atoms with E-state index in [2.05, 4.69) is 5.10 Å². The maximum atomic E-state index is 13.0. The number of benzene rings is 1. The first-order valence-electron chi connectivity index (χ1n) is 9.32. The Labute approximate surface area is 175 Å². The van der Waals surface area contributed by atoms with Crippen molar-refractivity contribution in [1.29, 1.82) is 0 Å². The summed E-state index contributed by atoms with van der Waals surface area (Å²) < 4.78 is 1.64. The highest BCUT2D eigenvalue weighted by atomic mass is 35.5. The summed E-state index contributed by atoms with van der Waals surface area (Å²) in [4.78, 5) is 29.3. The Kier molecular flexibility index (Phi) is 5.82. The van der Waals surface area contributed by atoms with Gasteiger partial charge in [0.15, 0.2) is 0 Å². The average Bonchev–Trinajstić information content (AvgIpc) is 3.06. The van der Waals surface area contributed by atoms with E-state index < -0.39 is 17.7 Å². The SMILES string of the molecule is Cc1nn(C)c(C)c1C(O)=C1C(=O)C(=O)N(CCN(C)C)C1c1ccc(Cl)cc1. The number of rotatable bonds is 5. The Morgan fingerprint density at radius 1 is 1.21 bits per heavy atom. The van der Waals surface area contributed by atoms with Crippen LogP contribution < -0.4 is 0 Å². The van der Waals surface area contributed by atoms with Crippen LogP contribution in [0.3, 0.4) is 0 Å². The molecule has 2 heterocycles. The van der Waals surface area contributed by atoms with Crippen molar-refractivity contribution in [1.82, 2.24) is 19.6 Å². The molecule has 1 aliphatic heterocycles. The summed E-state index contributed by atoms with van der Waals surface area (Å²) >= 11 is 6.03. The molecule has 0 spiro atoms. The van der Waals surface area contributed by atoms with Crippen LogP contribution in [0.25, 0.3) is 5.76 Å². The Balaban J connectivity index is 2.20. The lowest BCUT2D eigenvalue weighted by molar-refractivity contribution is -0.140. The molecule has 29 heavy (non-hydrogen) atoms. The monoisotopic (exact) mass is 416 g/mol. The zero-order valence-corrected chi connectivity index (χ0v) is 18.0. The number of hydrogen-bond acceptors (Lipinski definition) is 5. The van der Waals surface area contributed by atoms with Crippen LogP contribution in [0.4, 0.5) is 0 Å². The number of aliphatic hydroxyl groups is 1. The molecule has 0 radical (unpaired) electrons. The number of carbonyl (C=O) groups excluding carboxylic acids is 2. The Morgan fingerprint density at radius 2 is 1.83 bits per heavy atom. The number of aliphatic hydroxyl groups excluding tert-OH is 1. The first kappa shape index (κ1) is 21.1. The van der Waals surface area contributed by atoms with Gasteiger partial charge in [-0.25, -0.2) is 0 Å². The quantitative estimate of drug-likeness (QED) is 0.460. The third kappa shape index (κ3) is 3.80. The number of amides is 1. The van der Waals surface area contributed by atoms with E-state index in [1.165, 1.54) is 4.90 Å². The third-order valence-corrected chi connectivity index (χ3v) is 5.51. The normalized spacial score (nSPS) is 18.9. The van der Waals surface area contributed by atoms with Crippen LogP contribution in [-0.2, 0) is 16.6 Å². The summed E-state index contributed by atoms with van der Waals surface area (Å²) in [6.07, 6.45) is 0. The predicted molar refractivity (Wildman–Crippen MR) is 112 cm³/mol. The number of Topliss-reactive ketones (excluding diaryl/α,β-unsaturated/α-hetero) is 1. The van der Waals surface area contributed by atoms with Crippen LogP contribution in [0.5, 0.6) is 0 Å². The van der Waals surface area contributed by atoms with E-state index in [0.29, 0.717) is 40.6 Å². The number of ketones is 1. The van der Waals surface area contributed by atoms with E-state index in [4.69, 9.17) is 11.6 Å². The first-order chi connectivity index (χ1) is 13.6. The van der Waals surface area contributed by atoms with Crippen molar-refractivity contribution in [2.24, 2.45) is 7.05 Å². The minimum Gasteiger partial charge on any atom is -0.507 e. The summed E-state index contributed by atoms with van der Waals surface area (Å²) in [5.41, 5.74) is 2.59. The van der Waals surface area contributed by atoms with Gasteiger partial charge in [-0.3, -0.25) is 14.3 Å². The van der Waals surface area contributed by atoms with E-state index >= 15 is 0 Å². The summed E-state index contributed by atoms with van der Waals surface area (Å²) in [6, 6.07) is 6.29. The van der Waals surface area contributed by atoms with Gasteiger partial charge in [-0.05, 0) is 45.6 Å². The van der Waals surface area contributed by atoms with Crippen molar-refractivity contribution in [3.8, 4) is 0 Å². The summed E-state index contributed by atoms with van der Waals surface area (Å²) in [6.45, 7) is 4.52. The third-order valence-electron chi connectivity index (χ3n) is 5.26. The molecule has 8 heteroatoms. The number of likely N-dealkylation sites (tertiary alicyclic amines) is 1. The van der Waals surface area contributed by atoms with E-state index in [1.54, 1.807) is 42.9 Å². The predicted octanol–water partition coefficient (Wildman–Crippen LogP) is 2.67. The number of aryl methyl sites for hydroxylation is 2. The summed E-state index contributed by atoms with van der Waals surface area (Å²) in [7, 11) is 5.57. The smallest absolute Gasteiger partial charge is 0.295 e. The number of hydrogen-bond donors (Lipinski definition) is 1. The summed E-state index contributed by atoms with van der Waals surface area (Å²) in [5.74, 6) is -1.50. The van der Waals surface area contributed by atoms with E-state index in [1.807, 2.05) is 25.9 Å². The Hall–Kier alpha value is -2.64. The van der Waals surface area contributed by atoms with Gasteiger partial charge >= 0.3 is 0 Å². The molecule has 1 atom stereocenters. The molecule has 1 aromatic carbocycles. The van der Waals surface area contributed by atoms with Gasteiger partial charge < -0.3 is 14.9 Å². The molecule has 2 aromatic rings. The molecule has 1 aromatic heterocycles. The number of aromatic nitrogens is 2. The number of likely N-dealkylation sites (N-methyl/N-ethyl adjacent to an activating group) is 1. The average molecular weight is 417 g/mol. The minimum atomic E-state index is -0.691. The van der Waals surface area contributed by atoms with Gasteiger partial charge in [-0.2, -0.15) is 5.10 Å². The molecular weight excluding hydrogens is 392 g/mol. The van der Waals surface area contributed by atoms with E-state index in [9.17, 15) is 14.7 Å². The second kappa shape index (κ2) is 8.00. The van der Waals surface area contributed by atoms with Crippen molar-refractivity contribution >= 4 is 29.1 Å². The van der Waals surface area contributed by atoms with E-state index in [-0.39, 0.29) is 11.3 Å². The fourth-order valence-electron chi connectivity index (χ4n) is 3.66.